The first-order chi connectivity index (χ1) is 14.0. The number of rotatable bonds is 5. The molecule has 10 heteroatoms. The Kier molecular flexibility index (Phi) is 5.01. The topological polar surface area (TPSA) is 116 Å². The fourth-order valence-electron chi connectivity index (χ4n) is 3.53. The highest BCUT2D eigenvalue weighted by atomic mass is 32.1. The average Bonchev–Trinajstić information content (AvgIpc) is 3.09. The van der Waals surface area contributed by atoms with Crippen molar-refractivity contribution >= 4 is 38.8 Å². The minimum Gasteiger partial charge on any atom is -0.496 e. The quantitative estimate of drug-likeness (QED) is 0.507. The third-order valence-electron chi connectivity index (χ3n) is 4.93. The second-order valence-corrected chi connectivity index (χ2v) is 7.84. The summed E-state index contributed by atoms with van der Waals surface area (Å²) in [5.74, 6) is -0.242. The Labute approximate surface area is 169 Å². The number of aryl methyl sites for hydroxylation is 2. The Bertz CT molecular complexity index is 1180. The molecule has 0 unspecified atom stereocenters. The summed E-state index contributed by atoms with van der Waals surface area (Å²) in [6.45, 7) is -0.282. The molecule has 0 saturated heterocycles. The smallest absolute Gasteiger partial charge is 0.296 e. The zero-order valence-electron chi connectivity index (χ0n) is 15.6. The Morgan fingerprint density at radius 3 is 2.93 bits per heavy atom. The summed E-state index contributed by atoms with van der Waals surface area (Å²) >= 11 is 1.54. The van der Waals surface area contributed by atoms with Crippen molar-refractivity contribution in [1.29, 1.82) is 0 Å². The van der Waals surface area contributed by atoms with Crippen LogP contribution in [0.2, 0.25) is 0 Å². The van der Waals surface area contributed by atoms with Crippen molar-refractivity contribution < 1.29 is 14.5 Å². The molecule has 1 amide bonds. The van der Waals surface area contributed by atoms with Crippen molar-refractivity contribution in [3.8, 4) is 5.75 Å². The Balaban J connectivity index is 1.61. The molecule has 1 aliphatic rings. The molecule has 0 radical (unpaired) electrons. The number of hydrogen-bond acceptors (Lipinski definition) is 7. The second kappa shape index (κ2) is 7.63. The zero-order chi connectivity index (χ0) is 20.5. The van der Waals surface area contributed by atoms with E-state index in [-0.39, 0.29) is 23.5 Å². The van der Waals surface area contributed by atoms with Crippen LogP contribution in [0.25, 0.3) is 10.2 Å². The van der Waals surface area contributed by atoms with Gasteiger partial charge in [-0.25, -0.2) is 4.98 Å². The number of methoxy groups -OCH3 is 1. The molecule has 150 valence electrons. The number of amides is 1. The number of fused-ring (bicyclic) bond motifs is 3. The van der Waals surface area contributed by atoms with E-state index >= 15 is 0 Å². The van der Waals surface area contributed by atoms with E-state index in [9.17, 15) is 19.7 Å². The maximum atomic E-state index is 12.9. The second-order valence-electron chi connectivity index (χ2n) is 6.76. The number of nitro benzene ring substituents is 1. The van der Waals surface area contributed by atoms with E-state index in [1.807, 2.05) is 0 Å². The van der Waals surface area contributed by atoms with Gasteiger partial charge in [0.25, 0.3) is 11.2 Å². The van der Waals surface area contributed by atoms with Crippen LogP contribution in [-0.4, -0.2) is 27.5 Å². The van der Waals surface area contributed by atoms with E-state index in [0.717, 1.165) is 31.2 Å². The Hall–Kier alpha value is -3.27. The first kappa shape index (κ1) is 19.1. The van der Waals surface area contributed by atoms with Gasteiger partial charge >= 0.3 is 0 Å². The van der Waals surface area contributed by atoms with Crippen LogP contribution in [0.5, 0.6) is 5.75 Å². The number of nitrogens with one attached hydrogen (secondary N) is 1. The van der Waals surface area contributed by atoms with Crippen molar-refractivity contribution in [2.75, 3.05) is 12.4 Å². The van der Waals surface area contributed by atoms with Gasteiger partial charge in [0.1, 0.15) is 22.8 Å². The number of nitro groups is 1. The van der Waals surface area contributed by atoms with Crippen LogP contribution in [0.4, 0.5) is 11.4 Å². The summed E-state index contributed by atoms with van der Waals surface area (Å²) in [5, 5.41) is 14.4. The van der Waals surface area contributed by atoms with Crippen molar-refractivity contribution in [2.45, 2.75) is 32.2 Å². The monoisotopic (exact) mass is 414 g/mol. The van der Waals surface area contributed by atoms with E-state index in [4.69, 9.17) is 4.74 Å². The third-order valence-corrected chi connectivity index (χ3v) is 6.13. The lowest BCUT2D eigenvalue weighted by molar-refractivity contribution is -0.384. The molecule has 2 aromatic heterocycles. The fraction of sp³-hybridized carbons (Fsp3) is 0.316. The molecular weight excluding hydrogens is 396 g/mol. The molecule has 29 heavy (non-hydrogen) atoms. The SMILES string of the molecule is COc1ccc(NC(=O)Cn2cnc3sc4c(c3c2=O)CCCC4)c([N+](=O)[O-])c1. The number of nitrogens with zero attached hydrogens (tertiary/aromatic N) is 3. The number of hydrogen-bond donors (Lipinski definition) is 1. The normalized spacial score (nSPS) is 13.1. The van der Waals surface area contributed by atoms with E-state index in [2.05, 4.69) is 10.3 Å². The van der Waals surface area contributed by atoms with Gasteiger partial charge in [0.2, 0.25) is 5.91 Å². The largest absolute Gasteiger partial charge is 0.496 e. The van der Waals surface area contributed by atoms with E-state index in [1.54, 1.807) is 11.3 Å². The van der Waals surface area contributed by atoms with Crippen LogP contribution in [0.15, 0.2) is 29.3 Å². The Morgan fingerprint density at radius 1 is 1.38 bits per heavy atom. The third kappa shape index (κ3) is 3.58. The lowest BCUT2D eigenvalue weighted by Crippen LogP contribution is -2.28. The molecule has 1 aliphatic carbocycles. The molecule has 0 bridgehead atoms. The minimum absolute atomic E-state index is 0.0378. The van der Waals surface area contributed by atoms with Gasteiger partial charge < -0.3 is 10.1 Å². The molecule has 0 fully saturated rings. The van der Waals surface area contributed by atoms with Crippen molar-refractivity contribution in [3.05, 3.63) is 55.4 Å². The van der Waals surface area contributed by atoms with Crippen LogP contribution >= 0.6 is 11.3 Å². The summed E-state index contributed by atoms with van der Waals surface area (Å²) in [6, 6.07) is 4.14. The summed E-state index contributed by atoms with van der Waals surface area (Å²) in [4.78, 5) is 42.3. The van der Waals surface area contributed by atoms with Crippen molar-refractivity contribution in [1.82, 2.24) is 9.55 Å². The van der Waals surface area contributed by atoms with E-state index in [1.165, 1.54) is 41.1 Å². The molecule has 1 N–H and O–H groups in total. The summed E-state index contributed by atoms with van der Waals surface area (Å²) in [7, 11) is 1.40. The average molecular weight is 414 g/mol. The summed E-state index contributed by atoms with van der Waals surface area (Å²) in [5.41, 5.74) is 0.546. The van der Waals surface area contributed by atoms with Crippen LogP contribution in [0.1, 0.15) is 23.3 Å². The molecule has 3 aromatic rings. The maximum Gasteiger partial charge on any atom is 0.296 e. The van der Waals surface area contributed by atoms with Gasteiger partial charge in [0.15, 0.2) is 0 Å². The molecular formula is C19H18N4O5S. The summed E-state index contributed by atoms with van der Waals surface area (Å²) in [6.07, 6.45) is 5.30. The highest BCUT2D eigenvalue weighted by molar-refractivity contribution is 7.18. The molecule has 4 rings (SSSR count). The fourth-order valence-corrected chi connectivity index (χ4v) is 4.75. The van der Waals surface area contributed by atoms with Gasteiger partial charge in [-0.15, -0.1) is 11.3 Å². The first-order valence-corrected chi connectivity index (χ1v) is 9.91. The van der Waals surface area contributed by atoms with Gasteiger partial charge in [-0.1, -0.05) is 0 Å². The lowest BCUT2D eigenvalue weighted by Gasteiger charge is -2.11. The Morgan fingerprint density at radius 2 is 2.17 bits per heavy atom. The number of carbonyl (C=O) groups excluding carboxylic acids is 1. The standard InChI is InChI=1S/C19H18N4O5S/c1-28-11-6-7-13(14(8-11)23(26)27)21-16(24)9-22-10-20-18-17(19(22)25)12-4-2-3-5-15(12)29-18/h6-8,10H,2-5,9H2,1H3,(H,21,24). The molecule has 0 spiro atoms. The van der Waals surface area contributed by atoms with Crippen LogP contribution in [0, 0.1) is 10.1 Å². The number of thiophene rings is 1. The predicted molar refractivity (Wildman–Crippen MR) is 109 cm³/mol. The number of ether oxygens (including phenoxy) is 1. The van der Waals surface area contributed by atoms with Crippen LogP contribution in [0.3, 0.4) is 0 Å². The summed E-state index contributed by atoms with van der Waals surface area (Å²) < 4.78 is 6.23. The number of benzene rings is 1. The zero-order valence-corrected chi connectivity index (χ0v) is 16.5. The van der Waals surface area contributed by atoms with Crippen LogP contribution in [-0.2, 0) is 24.2 Å². The van der Waals surface area contributed by atoms with Gasteiger partial charge in [-0.2, -0.15) is 0 Å². The molecule has 0 aliphatic heterocycles. The number of aromatic nitrogens is 2. The van der Waals surface area contributed by atoms with E-state index < -0.39 is 10.8 Å². The van der Waals surface area contributed by atoms with Crippen molar-refractivity contribution in [2.24, 2.45) is 0 Å². The molecule has 0 saturated carbocycles. The maximum absolute atomic E-state index is 12.9. The first-order valence-electron chi connectivity index (χ1n) is 9.10. The predicted octanol–water partition coefficient (Wildman–Crippen LogP) is 2.89. The lowest BCUT2D eigenvalue weighted by atomic mass is 9.97. The highest BCUT2D eigenvalue weighted by Gasteiger charge is 2.21. The molecule has 0 atom stereocenters. The van der Waals surface area contributed by atoms with Gasteiger partial charge in [0, 0.05) is 4.88 Å². The minimum atomic E-state index is -0.602. The number of carbonyl (C=O) groups is 1. The van der Waals surface area contributed by atoms with Crippen molar-refractivity contribution in [3.63, 3.8) is 0 Å². The molecule has 1 aromatic carbocycles. The number of anilines is 1. The van der Waals surface area contributed by atoms with Gasteiger partial charge in [-0.3, -0.25) is 24.3 Å². The van der Waals surface area contributed by atoms with Crippen LogP contribution < -0.4 is 15.6 Å². The molecule has 9 nitrogen and oxygen atoms in total. The highest BCUT2D eigenvalue weighted by Crippen LogP contribution is 2.33. The van der Waals surface area contributed by atoms with Gasteiger partial charge in [-0.05, 0) is 43.4 Å². The van der Waals surface area contributed by atoms with E-state index in [0.29, 0.717) is 16.0 Å². The van der Waals surface area contributed by atoms with Gasteiger partial charge in [0.05, 0.1) is 29.8 Å². The molecule has 2 heterocycles.